The topological polar surface area (TPSA) is 37.3 Å². The highest BCUT2D eigenvalue weighted by atomic mass is 16.2. The second kappa shape index (κ2) is 11.9. The van der Waals surface area contributed by atoms with Crippen molar-refractivity contribution < 1.29 is 4.79 Å². The summed E-state index contributed by atoms with van der Waals surface area (Å²) < 4.78 is 2.32. The van der Waals surface area contributed by atoms with Crippen LogP contribution in [-0.4, -0.2) is 41.1 Å². The zero-order valence-corrected chi connectivity index (χ0v) is 21.2. The van der Waals surface area contributed by atoms with E-state index >= 15 is 0 Å². The third-order valence-electron chi connectivity index (χ3n) is 7.99. The minimum Gasteiger partial charge on any atom is -0.348 e. The SMILES string of the molecule is O=C(NC1CCCCCCC1)c1c(-c2ccccc2)c2ccccc2n1CCCCN1CCCC1. The maximum Gasteiger partial charge on any atom is 0.268 e. The van der Waals surface area contributed by atoms with Gasteiger partial charge in [-0.1, -0.05) is 80.6 Å². The van der Waals surface area contributed by atoms with Crippen molar-refractivity contribution in [2.45, 2.75) is 83.2 Å². The number of para-hydroxylation sites is 1. The van der Waals surface area contributed by atoms with E-state index in [1.54, 1.807) is 0 Å². The molecule has 5 rings (SSSR count). The van der Waals surface area contributed by atoms with Gasteiger partial charge in [-0.05, 0) is 69.8 Å². The van der Waals surface area contributed by atoms with E-state index in [1.165, 1.54) is 81.9 Å². The van der Waals surface area contributed by atoms with Crippen LogP contribution in [0.2, 0.25) is 0 Å². The summed E-state index contributed by atoms with van der Waals surface area (Å²) in [6.07, 6.45) is 13.5. The van der Waals surface area contributed by atoms with E-state index in [4.69, 9.17) is 0 Å². The number of benzene rings is 2. The molecule has 1 amide bonds. The fourth-order valence-corrected chi connectivity index (χ4v) is 6.13. The van der Waals surface area contributed by atoms with Gasteiger partial charge in [0.25, 0.3) is 5.91 Å². The zero-order chi connectivity index (χ0) is 23.9. The van der Waals surface area contributed by atoms with Crippen LogP contribution in [-0.2, 0) is 6.54 Å². The largest absolute Gasteiger partial charge is 0.348 e. The smallest absolute Gasteiger partial charge is 0.268 e. The normalized spacial score (nSPS) is 17.9. The lowest BCUT2D eigenvalue weighted by Gasteiger charge is -2.22. The number of carbonyl (C=O) groups is 1. The van der Waals surface area contributed by atoms with Crippen LogP contribution >= 0.6 is 0 Å². The van der Waals surface area contributed by atoms with E-state index in [0.717, 1.165) is 42.6 Å². The van der Waals surface area contributed by atoms with Gasteiger partial charge in [-0.15, -0.1) is 0 Å². The van der Waals surface area contributed by atoms with Gasteiger partial charge in [0.1, 0.15) is 5.69 Å². The van der Waals surface area contributed by atoms with Crippen molar-refractivity contribution in [1.29, 1.82) is 0 Å². The van der Waals surface area contributed by atoms with E-state index < -0.39 is 0 Å². The molecule has 4 heteroatoms. The van der Waals surface area contributed by atoms with Crippen molar-refractivity contribution in [1.82, 2.24) is 14.8 Å². The van der Waals surface area contributed by atoms with Crippen molar-refractivity contribution in [3.05, 3.63) is 60.3 Å². The van der Waals surface area contributed by atoms with Gasteiger partial charge in [0.15, 0.2) is 0 Å². The van der Waals surface area contributed by atoms with E-state index in [-0.39, 0.29) is 11.9 Å². The number of unbranched alkanes of at least 4 members (excludes halogenated alkanes) is 1. The van der Waals surface area contributed by atoms with Crippen molar-refractivity contribution in [2.75, 3.05) is 19.6 Å². The van der Waals surface area contributed by atoms with Crippen molar-refractivity contribution in [3.63, 3.8) is 0 Å². The average molecular weight is 472 g/mol. The van der Waals surface area contributed by atoms with Crippen LogP contribution in [0.15, 0.2) is 54.6 Å². The molecule has 0 spiro atoms. The number of fused-ring (bicyclic) bond motifs is 1. The quantitative estimate of drug-likeness (QED) is 0.358. The predicted octanol–water partition coefficient (Wildman–Crippen LogP) is 7.03. The second-order valence-electron chi connectivity index (χ2n) is 10.5. The van der Waals surface area contributed by atoms with E-state index in [9.17, 15) is 4.79 Å². The summed E-state index contributed by atoms with van der Waals surface area (Å²) in [6, 6.07) is 19.4. The first kappa shape index (κ1) is 24.1. The molecule has 2 heterocycles. The van der Waals surface area contributed by atoms with Gasteiger partial charge in [0, 0.05) is 29.1 Å². The number of rotatable bonds is 8. The molecule has 1 aliphatic heterocycles. The highest BCUT2D eigenvalue weighted by molar-refractivity contribution is 6.10. The Bertz CT molecular complexity index is 1090. The molecule has 1 aliphatic carbocycles. The average Bonchev–Trinajstić information content (AvgIpc) is 3.50. The molecule has 3 aromatic rings. The zero-order valence-electron chi connectivity index (χ0n) is 21.2. The third kappa shape index (κ3) is 5.81. The standard InChI is InChI=1S/C31H41N3O/c35-31(32-26-17-7-2-1-3-8-18-26)30-29(25-15-5-4-6-16-25)27-19-9-10-20-28(27)34(30)24-14-13-23-33-21-11-12-22-33/h4-6,9-10,15-16,19-20,26H,1-3,7-8,11-14,17-18,21-24H2,(H,32,35). The lowest BCUT2D eigenvalue weighted by Crippen LogP contribution is -2.36. The predicted molar refractivity (Wildman–Crippen MR) is 146 cm³/mol. The van der Waals surface area contributed by atoms with Gasteiger partial charge in [0.2, 0.25) is 0 Å². The van der Waals surface area contributed by atoms with Crippen LogP contribution < -0.4 is 5.32 Å². The number of nitrogens with one attached hydrogen (secondary N) is 1. The Kier molecular flexibility index (Phi) is 8.20. The number of hydrogen-bond donors (Lipinski definition) is 1. The van der Waals surface area contributed by atoms with Gasteiger partial charge in [-0.3, -0.25) is 4.79 Å². The lowest BCUT2D eigenvalue weighted by atomic mass is 9.96. The maximum atomic E-state index is 14.0. The van der Waals surface area contributed by atoms with Crippen LogP contribution in [0, 0.1) is 0 Å². The molecular formula is C31H41N3O. The molecule has 2 aromatic carbocycles. The summed E-state index contributed by atoms with van der Waals surface area (Å²) in [7, 11) is 0. The van der Waals surface area contributed by atoms with Gasteiger partial charge in [-0.2, -0.15) is 0 Å². The van der Waals surface area contributed by atoms with Crippen molar-refractivity contribution in [3.8, 4) is 11.1 Å². The maximum absolute atomic E-state index is 14.0. The van der Waals surface area contributed by atoms with Crippen LogP contribution in [0.3, 0.4) is 0 Å². The summed E-state index contributed by atoms with van der Waals surface area (Å²) in [5.74, 6) is 0.102. The second-order valence-corrected chi connectivity index (χ2v) is 10.5. The first-order valence-corrected chi connectivity index (χ1v) is 14.0. The molecule has 4 nitrogen and oxygen atoms in total. The lowest BCUT2D eigenvalue weighted by molar-refractivity contribution is 0.0922. The Morgan fingerprint density at radius 3 is 2.20 bits per heavy atom. The number of likely N-dealkylation sites (tertiary alicyclic amines) is 1. The molecule has 0 unspecified atom stereocenters. The minimum atomic E-state index is 0.102. The van der Waals surface area contributed by atoms with Gasteiger partial charge in [0.05, 0.1) is 0 Å². The fraction of sp³-hybridized carbons (Fsp3) is 0.516. The third-order valence-corrected chi connectivity index (χ3v) is 7.99. The molecule has 2 fully saturated rings. The first-order valence-electron chi connectivity index (χ1n) is 14.0. The minimum absolute atomic E-state index is 0.102. The van der Waals surface area contributed by atoms with E-state index in [2.05, 4.69) is 69.4 Å². The molecule has 1 N–H and O–H groups in total. The summed E-state index contributed by atoms with van der Waals surface area (Å²) in [6.45, 7) is 4.56. The Hall–Kier alpha value is -2.59. The Morgan fingerprint density at radius 1 is 0.771 bits per heavy atom. The molecular weight excluding hydrogens is 430 g/mol. The molecule has 1 saturated carbocycles. The molecule has 186 valence electrons. The van der Waals surface area contributed by atoms with Gasteiger partial charge < -0.3 is 14.8 Å². The first-order chi connectivity index (χ1) is 17.3. The number of nitrogens with zero attached hydrogens (tertiary/aromatic N) is 2. The number of carbonyl (C=O) groups excluding carboxylic acids is 1. The summed E-state index contributed by atoms with van der Waals surface area (Å²) in [4.78, 5) is 16.6. The summed E-state index contributed by atoms with van der Waals surface area (Å²) in [5, 5.41) is 4.66. The van der Waals surface area contributed by atoms with Gasteiger partial charge >= 0.3 is 0 Å². The van der Waals surface area contributed by atoms with E-state index in [0.29, 0.717) is 0 Å². The Labute approximate surface area is 210 Å². The van der Waals surface area contributed by atoms with Crippen LogP contribution in [0.1, 0.15) is 81.1 Å². The van der Waals surface area contributed by atoms with Crippen molar-refractivity contribution in [2.24, 2.45) is 0 Å². The number of amides is 1. The molecule has 2 aliphatic rings. The number of aromatic nitrogens is 1. The molecule has 0 radical (unpaired) electrons. The Balaban J connectivity index is 1.46. The molecule has 0 bridgehead atoms. The van der Waals surface area contributed by atoms with Crippen LogP contribution in [0.4, 0.5) is 0 Å². The number of aryl methyl sites for hydroxylation is 1. The fourth-order valence-electron chi connectivity index (χ4n) is 6.13. The Morgan fingerprint density at radius 2 is 1.43 bits per heavy atom. The van der Waals surface area contributed by atoms with E-state index in [1.807, 2.05) is 0 Å². The summed E-state index contributed by atoms with van der Waals surface area (Å²) >= 11 is 0. The highest BCUT2D eigenvalue weighted by Gasteiger charge is 2.25. The molecule has 0 atom stereocenters. The summed E-state index contributed by atoms with van der Waals surface area (Å²) in [5.41, 5.74) is 4.24. The van der Waals surface area contributed by atoms with Crippen LogP contribution in [0.5, 0.6) is 0 Å². The molecule has 1 saturated heterocycles. The van der Waals surface area contributed by atoms with Crippen LogP contribution in [0.25, 0.3) is 22.0 Å². The molecule has 35 heavy (non-hydrogen) atoms. The number of hydrogen-bond acceptors (Lipinski definition) is 2. The monoisotopic (exact) mass is 471 g/mol. The molecule has 1 aromatic heterocycles. The van der Waals surface area contributed by atoms with Crippen molar-refractivity contribution >= 4 is 16.8 Å². The highest BCUT2D eigenvalue weighted by Crippen LogP contribution is 2.35. The van der Waals surface area contributed by atoms with Gasteiger partial charge in [-0.25, -0.2) is 0 Å².